The van der Waals surface area contributed by atoms with Crippen molar-refractivity contribution >= 4 is 0 Å². The lowest BCUT2D eigenvalue weighted by atomic mass is 10.1. The lowest BCUT2D eigenvalue weighted by Gasteiger charge is -2.11. The fourth-order valence-electron chi connectivity index (χ4n) is 1.97. The van der Waals surface area contributed by atoms with Crippen LogP contribution >= 0.6 is 0 Å². The highest BCUT2D eigenvalue weighted by Crippen LogP contribution is 2.33. The first-order valence-electron chi connectivity index (χ1n) is 5.82. The van der Waals surface area contributed by atoms with E-state index in [1.165, 1.54) is 0 Å². The Hall–Kier alpha value is -1.06. The van der Waals surface area contributed by atoms with Crippen LogP contribution in [-0.2, 0) is 6.42 Å². The number of hydrogen-bond acceptors (Lipinski definition) is 3. The molecule has 16 heavy (non-hydrogen) atoms. The second-order valence-corrected chi connectivity index (χ2v) is 4.29. The summed E-state index contributed by atoms with van der Waals surface area (Å²) in [5, 5.41) is 19.0. The van der Waals surface area contributed by atoms with Crippen molar-refractivity contribution in [1.82, 2.24) is 0 Å². The summed E-state index contributed by atoms with van der Waals surface area (Å²) in [4.78, 5) is 0. The van der Waals surface area contributed by atoms with Gasteiger partial charge < -0.3 is 14.9 Å². The van der Waals surface area contributed by atoms with Crippen molar-refractivity contribution in [2.24, 2.45) is 0 Å². The number of fused-ring (bicyclic) bond motifs is 1. The van der Waals surface area contributed by atoms with Crippen LogP contribution in [0.2, 0.25) is 0 Å². The van der Waals surface area contributed by atoms with Gasteiger partial charge in [0.1, 0.15) is 12.4 Å². The van der Waals surface area contributed by atoms with E-state index in [1.807, 2.05) is 25.1 Å². The van der Waals surface area contributed by atoms with Gasteiger partial charge in [0.25, 0.3) is 0 Å². The molecule has 3 nitrogen and oxygen atoms in total. The first-order chi connectivity index (χ1) is 7.70. The third kappa shape index (κ3) is 2.36. The average molecular weight is 222 g/mol. The molecule has 1 aromatic rings. The molecule has 3 heteroatoms. The molecular weight excluding hydrogens is 204 g/mol. The van der Waals surface area contributed by atoms with Crippen molar-refractivity contribution in [3.05, 3.63) is 29.3 Å². The van der Waals surface area contributed by atoms with E-state index in [4.69, 9.17) is 4.74 Å². The second-order valence-electron chi connectivity index (χ2n) is 4.29. The average Bonchev–Trinajstić information content (AvgIpc) is 2.67. The predicted octanol–water partition coefficient (Wildman–Crippen LogP) is 1.82. The maximum absolute atomic E-state index is 9.65. The lowest BCUT2D eigenvalue weighted by molar-refractivity contribution is 0.104. The highest BCUT2D eigenvalue weighted by Gasteiger charge is 2.20. The van der Waals surface area contributed by atoms with E-state index in [1.54, 1.807) is 0 Å². The Bertz CT molecular complexity index is 362. The van der Waals surface area contributed by atoms with Gasteiger partial charge in [-0.15, -0.1) is 0 Å². The van der Waals surface area contributed by atoms with E-state index in [9.17, 15) is 10.2 Å². The summed E-state index contributed by atoms with van der Waals surface area (Å²) in [5.74, 6) is 0.778. The third-order valence-electron chi connectivity index (χ3n) is 3.07. The Balaban J connectivity index is 2.02. The van der Waals surface area contributed by atoms with Gasteiger partial charge in [0.15, 0.2) is 0 Å². The quantitative estimate of drug-likeness (QED) is 0.817. The van der Waals surface area contributed by atoms with E-state index in [0.29, 0.717) is 13.0 Å². The van der Waals surface area contributed by atoms with Gasteiger partial charge >= 0.3 is 0 Å². The second kappa shape index (κ2) is 4.85. The van der Waals surface area contributed by atoms with Crippen molar-refractivity contribution in [3.63, 3.8) is 0 Å². The summed E-state index contributed by atoms with van der Waals surface area (Å²) in [6.45, 7) is 2.25. The number of benzene rings is 1. The molecule has 0 aliphatic heterocycles. The molecule has 1 aromatic carbocycles. The third-order valence-corrected chi connectivity index (χ3v) is 3.07. The van der Waals surface area contributed by atoms with Crippen molar-refractivity contribution in [2.75, 3.05) is 6.61 Å². The largest absolute Gasteiger partial charge is 0.491 e. The monoisotopic (exact) mass is 222 g/mol. The fraction of sp³-hybridized carbons (Fsp3) is 0.538. The molecule has 2 N–H and O–H groups in total. The topological polar surface area (TPSA) is 49.7 Å². The maximum Gasteiger partial charge on any atom is 0.119 e. The van der Waals surface area contributed by atoms with E-state index in [2.05, 4.69) is 0 Å². The molecular formula is C13H18O3. The molecule has 2 atom stereocenters. The number of aryl methyl sites for hydroxylation is 1. The van der Waals surface area contributed by atoms with E-state index in [0.717, 1.165) is 29.7 Å². The summed E-state index contributed by atoms with van der Waals surface area (Å²) >= 11 is 0. The van der Waals surface area contributed by atoms with Gasteiger partial charge in [0.2, 0.25) is 0 Å². The Labute approximate surface area is 95.7 Å². The van der Waals surface area contributed by atoms with Crippen molar-refractivity contribution in [1.29, 1.82) is 0 Å². The minimum Gasteiger partial charge on any atom is -0.491 e. The minimum absolute atomic E-state index is 0.315. The van der Waals surface area contributed by atoms with Crippen LogP contribution in [0.4, 0.5) is 0 Å². The van der Waals surface area contributed by atoms with Gasteiger partial charge in [-0.3, -0.25) is 0 Å². The van der Waals surface area contributed by atoms with E-state index < -0.39 is 6.10 Å². The smallest absolute Gasteiger partial charge is 0.119 e. The zero-order valence-corrected chi connectivity index (χ0v) is 9.52. The number of rotatable bonds is 4. The van der Waals surface area contributed by atoms with Crippen LogP contribution in [0.5, 0.6) is 5.75 Å². The molecule has 1 aliphatic carbocycles. The maximum atomic E-state index is 9.65. The molecule has 0 radical (unpaired) electrons. The zero-order chi connectivity index (χ0) is 11.5. The molecule has 0 bridgehead atoms. The Morgan fingerprint density at radius 3 is 3.06 bits per heavy atom. The first-order valence-corrected chi connectivity index (χ1v) is 5.82. The summed E-state index contributed by atoms with van der Waals surface area (Å²) in [6, 6.07) is 5.74. The Morgan fingerprint density at radius 2 is 2.31 bits per heavy atom. The molecule has 0 amide bonds. The molecule has 0 fully saturated rings. The molecule has 0 saturated carbocycles. The minimum atomic E-state index is -0.404. The summed E-state index contributed by atoms with van der Waals surface area (Å²) < 4.78 is 5.49. The Kier molecular flexibility index (Phi) is 3.46. The molecule has 0 saturated heterocycles. The number of ether oxygens (including phenoxy) is 1. The zero-order valence-electron chi connectivity index (χ0n) is 9.52. The number of hydrogen-bond donors (Lipinski definition) is 2. The normalized spacial score (nSPS) is 20.6. The molecule has 0 spiro atoms. The van der Waals surface area contributed by atoms with Gasteiger partial charge in [-0.2, -0.15) is 0 Å². The number of aliphatic hydroxyl groups is 2. The van der Waals surface area contributed by atoms with Gasteiger partial charge in [0.05, 0.1) is 12.2 Å². The fourth-order valence-corrected chi connectivity index (χ4v) is 1.97. The van der Waals surface area contributed by atoms with Crippen LogP contribution in [-0.4, -0.2) is 22.9 Å². The molecule has 1 aliphatic rings. The van der Waals surface area contributed by atoms with Crippen LogP contribution in [0.3, 0.4) is 0 Å². The molecule has 0 aromatic heterocycles. The van der Waals surface area contributed by atoms with Crippen LogP contribution in [0, 0.1) is 0 Å². The van der Waals surface area contributed by atoms with Crippen molar-refractivity contribution in [2.45, 2.75) is 38.4 Å². The summed E-state index contributed by atoms with van der Waals surface area (Å²) in [6.07, 6.45) is 1.69. The SMILES string of the molecule is CCC(O)COc1ccc2c(c1)CC[C@H]2O. The highest BCUT2D eigenvalue weighted by atomic mass is 16.5. The molecule has 1 unspecified atom stereocenters. The van der Waals surface area contributed by atoms with E-state index in [-0.39, 0.29) is 6.10 Å². The molecule has 88 valence electrons. The van der Waals surface area contributed by atoms with Gasteiger partial charge in [0, 0.05) is 0 Å². The summed E-state index contributed by atoms with van der Waals surface area (Å²) in [5.41, 5.74) is 2.18. The molecule has 2 rings (SSSR count). The standard InChI is InChI=1S/C13H18O3/c1-2-10(14)8-16-11-4-5-12-9(7-11)3-6-13(12)15/h4-5,7,10,13-15H,2-3,6,8H2,1H3/t10?,13-/m1/s1. The van der Waals surface area contributed by atoms with Gasteiger partial charge in [-0.25, -0.2) is 0 Å². The molecule has 0 heterocycles. The predicted molar refractivity (Wildman–Crippen MR) is 61.5 cm³/mol. The van der Waals surface area contributed by atoms with Gasteiger partial charge in [-0.05, 0) is 42.5 Å². The van der Waals surface area contributed by atoms with Gasteiger partial charge in [-0.1, -0.05) is 13.0 Å². The van der Waals surface area contributed by atoms with Crippen LogP contribution < -0.4 is 4.74 Å². The van der Waals surface area contributed by atoms with Crippen molar-refractivity contribution < 1.29 is 14.9 Å². The van der Waals surface area contributed by atoms with Crippen LogP contribution in [0.25, 0.3) is 0 Å². The summed E-state index contributed by atoms with van der Waals surface area (Å²) in [7, 11) is 0. The Morgan fingerprint density at radius 1 is 1.50 bits per heavy atom. The van der Waals surface area contributed by atoms with Crippen LogP contribution in [0.1, 0.15) is 37.0 Å². The van der Waals surface area contributed by atoms with E-state index >= 15 is 0 Å². The van der Waals surface area contributed by atoms with Crippen molar-refractivity contribution in [3.8, 4) is 5.75 Å². The first kappa shape index (κ1) is 11.4. The number of aliphatic hydroxyl groups excluding tert-OH is 2. The highest BCUT2D eigenvalue weighted by molar-refractivity contribution is 5.39. The van der Waals surface area contributed by atoms with Crippen LogP contribution in [0.15, 0.2) is 18.2 Å². The lowest BCUT2D eigenvalue weighted by Crippen LogP contribution is -2.16.